The summed E-state index contributed by atoms with van der Waals surface area (Å²) in [6.07, 6.45) is 8.40. The number of nitrogens with two attached hydrogens (primary N) is 1. The molecule has 0 aromatic heterocycles. The quantitative estimate of drug-likeness (QED) is 0.849. The fourth-order valence-electron chi connectivity index (χ4n) is 5.48. The summed E-state index contributed by atoms with van der Waals surface area (Å²) in [5, 5.41) is -0.248. The summed E-state index contributed by atoms with van der Waals surface area (Å²) in [7, 11) is -3.03. The third-order valence-electron chi connectivity index (χ3n) is 6.47. The van der Waals surface area contributed by atoms with Crippen LogP contribution < -0.4 is 5.73 Å². The molecule has 3 nitrogen and oxygen atoms in total. The standard InChI is InChI=1S/C16H29NO2S/c1-3-11(2)20(18,19)10-15(17)16-7-12-4-13(8-16)6-14(5-12)9-16/h11-15H,3-10,17H2,1-2H3. The topological polar surface area (TPSA) is 60.2 Å². The van der Waals surface area contributed by atoms with Gasteiger partial charge in [-0.1, -0.05) is 6.92 Å². The number of hydrogen-bond donors (Lipinski definition) is 1. The molecule has 4 saturated carbocycles. The van der Waals surface area contributed by atoms with E-state index in [4.69, 9.17) is 5.73 Å². The van der Waals surface area contributed by atoms with Crippen molar-refractivity contribution in [2.75, 3.05) is 5.75 Å². The third-order valence-corrected chi connectivity index (χ3v) is 8.86. The molecule has 0 amide bonds. The Morgan fingerprint density at radius 2 is 1.55 bits per heavy atom. The van der Waals surface area contributed by atoms with Crippen LogP contribution in [0.1, 0.15) is 58.8 Å². The molecular weight excluding hydrogens is 270 g/mol. The van der Waals surface area contributed by atoms with Gasteiger partial charge in [0.2, 0.25) is 0 Å². The molecule has 0 saturated heterocycles. The summed E-state index contributed by atoms with van der Waals surface area (Å²) in [5.41, 5.74) is 6.62. The lowest BCUT2D eigenvalue weighted by molar-refractivity contribution is -0.0632. The van der Waals surface area contributed by atoms with Gasteiger partial charge in [-0.05, 0) is 75.0 Å². The van der Waals surface area contributed by atoms with E-state index < -0.39 is 9.84 Å². The van der Waals surface area contributed by atoms with Crippen LogP contribution in [0.4, 0.5) is 0 Å². The molecule has 4 aliphatic rings. The van der Waals surface area contributed by atoms with Crippen molar-refractivity contribution in [3.05, 3.63) is 0 Å². The van der Waals surface area contributed by atoms with Crippen LogP contribution in [0.3, 0.4) is 0 Å². The summed E-state index contributed by atoms with van der Waals surface area (Å²) in [5.74, 6) is 2.70. The van der Waals surface area contributed by atoms with Crippen LogP contribution in [0.5, 0.6) is 0 Å². The predicted molar refractivity (Wildman–Crippen MR) is 82.1 cm³/mol. The van der Waals surface area contributed by atoms with Gasteiger partial charge >= 0.3 is 0 Å². The van der Waals surface area contributed by atoms with Gasteiger partial charge in [0.05, 0.1) is 11.0 Å². The number of rotatable bonds is 5. The maximum atomic E-state index is 12.4. The van der Waals surface area contributed by atoms with Crippen LogP contribution in [0.15, 0.2) is 0 Å². The lowest BCUT2D eigenvalue weighted by Crippen LogP contribution is -2.56. The molecule has 4 rings (SSSR count). The van der Waals surface area contributed by atoms with Crippen molar-refractivity contribution in [1.82, 2.24) is 0 Å². The van der Waals surface area contributed by atoms with Crippen molar-refractivity contribution >= 4 is 9.84 Å². The van der Waals surface area contributed by atoms with Crippen LogP contribution in [-0.4, -0.2) is 25.5 Å². The first kappa shape index (κ1) is 14.8. The first-order valence-corrected chi connectivity index (χ1v) is 10.0. The van der Waals surface area contributed by atoms with Gasteiger partial charge in [0.1, 0.15) is 0 Å². The fourth-order valence-corrected chi connectivity index (χ4v) is 7.17. The molecule has 0 heterocycles. The highest BCUT2D eigenvalue weighted by molar-refractivity contribution is 7.92. The van der Waals surface area contributed by atoms with Crippen LogP contribution in [-0.2, 0) is 9.84 Å². The van der Waals surface area contributed by atoms with Gasteiger partial charge in [-0.3, -0.25) is 0 Å². The van der Waals surface area contributed by atoms with Gasteiger partial charge in [-0.15, -0.1) is 0 Å². The molecule has 116 valence electrons. The molecule has 0 radical (unpaired) electrons. The second-order valence-corrected chi connectivity index (χ2v) is 10.4. The highest BCUT2D eigenvalue weighted by atomic mass is 32.2. The second-order valence-electron chi connectivity index (χ2n) is 7.93. The van der Waals surface area contributed by atoms with Crippen LogP contribution >= 0.6 is 0 Å². The van der Waals surface area contributed by atoms with Crippen LogP contribution in [0, 0.1) is 23.2 Å². The summed E-state index contributed by atoms with van der Waals surface area (Å²) >= 11 is 0. The second kappa shape index (κ2) is 4.98. The highest BCUT2D eigenvalue weighted by Crippen LogP contribution is 2.61. The van der Waals surface area contributed by atoms with Crippen molar-refractivity contribution in [2.24, 2.45) is 28.9 Å². The van der Waals surface area contributed by atoms with Crippen molar-refractivity contribution in [3.63, 3.8) is 0 Å². The Kier molecular flexibility index (Phi) is 3.69. The first-order chi connectivity index (χ1) is 9.34. The smallest absolute Gasteiger partial charge is 0.154 e. The Hall–Kier alpha value is -0.0900. The van der Waals surface area contributed by atoms with Crippen molar-refractivity contribution in [3.8, 4) is 0 Å². The van der Waals surface area contributed by atoms with Gasteiger partial charge in [0.15, 0.2) is 9.84 Å². The van der Waals surface area contributed by atoms with Crippen molar-refractivity contribution in [1.29, 1.82) is 0 Å². The van der Waals surface area contributed by atoms with Gasteiger partial charge in [-0.25, -0.2) is 8.42 Å². The molecule has 2 atom stereocenters. The van der Waals surface area contributed by atoms with Crippen LogP contribution in [0.2, 0.25) is 0 Å². The molecule has 0 aromatic rings. The molecule has 0 aromatic carbocycles. The van der Waals surface area contributed by atoms with E-state index in [-0.39, 0.29) is 22.5 Å². The average Bonchev–Trinajstić information content (AvgIpc) is 2.35. The molecule has 20 heavy (non-hydrogen) atoms. The average molecular weight is 299 g/mol. The minimum Gasteiger partial charge on any atom is -0.326 e. The van der Waals surface area contributed by atoms with Gasteiger partial charge < -0.3 is 5.73 Å². The van der Waals surface area contributed by atoms with Gasteiger partial charge in [0.25, 0.3) is 0 Å². The predicted octanol–water partition coefficient (Wildman–Crippen LogP) is 2.74. The molecule has 0 spiro atoms. The zero-order chi connectivity index (χ0) is 14.5. The lowest BCUT2D eigenvalue weighted by Gasteiger charge is -2.59. The summed E-state index contributed by atoms with van der Waals surface area (Å²) in [4.78, 5) is 0. The lowest BCUT2D eigenvalue weighted by atomic mass is 9.48. The van der Waals surface area contributed by atoms with Crippen molar-refractivity contribution in [2.45, 2.75) is 70.1 Å². The Labute approximate surface area is 123 Å². The molecule has 2 N–H and O–H groups in total. The number of hydrogen-bond acceptors (Lipinski definition) is 3. The minimum atomic E-state index is -3.03. The van der Waals surface area contributed by atoms with Gasteiger partial charge in [0, 0.05) is 6.04 Å². The maximum Gasteiger partial charge on any atom is 0.154 e. The SMILES string of the molecule is CCC(C)S(=O)(=O)CC(N)C12CC3CC(CC(C3)C1)C2. The number of sulfone groups is 1. The Bertz CT molecular complexity index is 436. The van der Waals surface area contributed by atoms with E-state index in [2.05, 4.69) is 0 Å². The monoisotopic (exact) mass is 299 g/mol. The Morgan fingerprint density at radius 1 is 1.10 bits per heavy atom. The molecule has 4 aliphatic carbocycles. The van der Waals surface area contributed by atoms with E-state index >= 15 is 0 Å². The van der Waals surface area contributed by atoms with Crippen molar-refractivity contribution < 1.29 is 8.42 Å². The Morgan fingerprint density at radius 3 is 1.95 bits per heavy atom. The minimum absolute atomic E-state index is 0.144. The maximum absolute atomic E-state index is 12.4. The van der Waals surface area contributed by atoms with E-state index in [9.17, 15) is 8.42 Å². The Balaban J connectivity index is 1.76. The van der Waals surface area contributed by atoms with E-state index in [1.165, 1.54) is 38.5 Å². The first-order valence-electron chi connectivity index (χ1n) is 8.32. The summed E-state index contributed by atoms with van der Waals surface area (Å²) < 4.78 is 24.8. The third kappa shape index (κ3) is 2.43. The molecule has 2 unspecified atom stereocenters. The van der Waals surface area contributed by atoms with Gasteiger partial charge in [-0.2, -0.15) is 0 Å². The highest BCUT2D eigenvalue weighted by Gasteiger charge is 2.54. The molecular formula is C16H29NO2S. The molecule has 0 aliphatic heterocycles. The van der Waals surface area contributed by atoms with E-state index in [0.717, 1.165) is 17.8 Å². The summed E-state index contributed by atoms with van der Waals surface area (Å²) in [6.45, 7) is 3.76. The molecule has 4 heteroatoms. The zero-order valence-electron chi connectivity index (χ0n) is 12.8. The van der Waals surface area contributed by atoms with E-state index in [1.54, 1.807) is 0 Å². The zero-order valence-corrected chi connectivity index (χ0v) is 13.7. The molecule has 4 bridgehead atoms. The largest absolute Gasteiger partial charge is 0.326 e. The van der Waals surface area contributed by atoms with E-state index in [1.807, 2.05) is 13.8 Å². The normalized spacial score (nSPS) is 42.6. The van der Waals surface area contributed by atoms with Crippen LogP contribution in [0.25, 0.3) is 0 Å². The molecule has 4 fully saturated rings. The fraction of sp³-hybridized carbons (Fsp3) is 1.00. The van der Waals surface area contributed by atoms with E-state index in [0.29, 0.717) is 6.42 Å². The summed E-state index contributed by atoms with van der Waals surface area (Å²) in [6, 6.07) is -0.144.